The van der Waals surface area contributed by atoms with Crippen molar-refractivity contribution in [3.8, 4) is 5.75 Å². The van der Waals surface area contributed by atoms with Gasteiger partial charge >= 0.3 is 17.9 Å². The van der Waals surface area contributed by atoms with Crippen molar-refractivity contribution in [2.45, 2.75) is 111 Å². The van der Waals surface area contributed by atoms with E-state index in [0.717, 1.165) is 44.1 Å². The van der Waals surface area contributed by atoms with Crippen LogP contribution in [0, 0.1) is 11.3 Å². The van der Waals surface area contributed by atoms with Gasteiger partial charge in [0.05, 0.1) is 33.0 Å². The first-order chi connectivity index (χ1) is 29.7. The smallest absolute Gasteiger partial charge is 0.344 e. The largest absolute Gasteiger partial charge is 0.496 e. The number of hydrogen-bond donors (Lipinski definition) is 3. The van der Waals surface area contributed by atoms with Crippen LogP contribution in [-0.4, -0.2) is 139 Å². The van der Waals surface area contributed by atoms with E-state index >= 15 is 4.79 Å². The van der Waals surface area contributed by atoms with E-state index in [2.05, 4.69) is 58.1 Å². The maximum absolute atomic E-state index is 15.5. The van der Waals surface area contributed by atoms with E-state index < -0.39 is 57.5 Å². The molecule has 10 atom stereocenters. The van der Waals surface area contributed by atoms with E-state index in [1.54, 1.807) is 18.9 Å². The number of rotatable bonds is 9. The number of aromatic amines is 1. The molecule has 1 aliphatic carbocycles. The summed E-state index contributed by atoms with van der Waals surface area (Å²) in [7, 11) is 6.18. The van der Waals surface area contributed by atoms with Crippen LogP contribution in [0.15, 0.2) is 47.4 Å². The number of carbonyl (C=O) groups is 3. The normalized spacial score (nSPS) is 35.8. The summed E-state index contributed by atoms with van der Waals surface area (Å²) >= 11 is 1.77. The zero-order valence-corrected chi connectivity index (χ0v) is 38.2. The van der Waals surface area contributed by atoms with E-state index in [9.17, 15) is 19.8 Å². The van der Waals surface area contributed by atoms with Crippen molar-refractivity contribution in [3.63, 3.8) is 0 Å². The standard InChI is InChI=1S/C48H62N4O9S/c1-9-44(56)24-29-25-47(42(54)59-7,38-31(15-19-51(26-29)27-44)32-21-30(62-11-3)13-14-35(32)49-38)34-22-33-36(23-37(34)58-6)50(5)40-46(33)17-20-52-18-12-16-45(10-2,39(46)52)41(61-28(4)53)48(40,57)43(55)60-8/h12-14,16,21-23,29,39-41,49,56-57H,9-11,15,17-20,24-27H2,1-8H3/t29-,39+,40-,41-,44+,45-,46-,47+,48+/m1/s1. The molecule has 6 aliphatic rings. The number of nitrogens with one attached hydrogen (secondary N) is 1. The number of aromatic nitrogens is 1. The van der Waals surface area contributed by atoms with Crippen LogP contribution in [-0.2, 0) is 45.8 Å². The molecular weight excluding hydrogens is 809 g/mol. The van der Waals surface area contributed by atoms with Gasteiger partial charge in [-0.25, -0.2) is 4.79 Å². The average Bonchev–Trinajstić information content (AvgIpc) is 3.92. The molecule has 3 fully saturated rings. The molecule has 1 unspecified atom stereocenters. The van der Waals surface area contributed by atoms with Gasteiger partial charge in [-0.1, -0.05) is 32.9 Å². The first-order valence-electron chi connectivity index (χ1n) is 22.3. The van der Waals surface area contributed by atoms with Gasteiger partial charge in [0, 0.05) is 95.8 Å². The Balaban J connectivity index is 1.37. The van der Waals surface area contributed by atoms with Gasteiger partial charge in [-0.2, -0.15) is 0 Å². The quantitative estimate of drug-likeness (QED) is 0.113. The number of esters is 3. The number of benzene rings is 2. The first-order valence-corrected chi connectivity index (χ1v) is 23.3. The molecule has 14 heteroatoms. The zero-order valence-electron chi connectivity index (χ0n) is 37.3. The minimum absolute atomic E-state index is 0.107. The Morgan fingerprint density at radius 2 is 1.73 bits per heavy atom. The summed E-state index contributed by atoms with van der Waals surface area (Å²) in [4.78, 5) is 54.7. The van der Waals surface area contributed by atoms with Crippen molar-refractivity contribution in [1.82, 2.24) is 14.8 Å². The highest BCUT2D eigenvalue weighted by Crippen LogP contribution is 2.68. The number of carbonyl (C=O) groups excluding carboxylic acids is 3. The molecule has 1 saturated carbocycles. The Labute approximate surface area is 368 Å². The van der Waals surface area contributed by atoms with Gasteiger partial charge in [0.1, 0.15) is 11.2 Å². The number of piperidine rings is 1. The summed E-state index contributed by atoms with van der Waals surface area (Å²) in [5, 5.41) is 26.5. The summed E-state index contributed by atoms with van der Waals surface area (Å²) in [6.45, 7) is 10.8. The number of fused-ring (bicyclic) bond motifs is 6. The van der Waals surface area contributed by atoms with E-state index in [1.807, 2.05) is 31.9 Å². The second-order valence-electron chi connectivity index (χ2n) is 18.8. The molecule has 13 nitrogen and oxygen atoms in total. The van der Waals surface area contributed by atoms with E-state index in [1.165, 1.54) is 21.1 Å². The Morgan fingerprint density at radius 3 is 2.40 bits per heavy atom. The summed E-state index contributed by atoms with van der Waals surface area (Å²) < 4.78 is 24.1. The number of H-pyrrole nitrogens is 1. The van der Waals surface area contributed by atoms with Gasteiger partial charge in [0.2, 0.25) is 5.60 Å². The minimum atomic E-state index is -2.31. The van der Waals surface area contributed by atoms with Gasteiger partial charge in [-0.05, 0) is 92.1 Å². The highest BCUT2D eigenvalue weighted by Gasteiger charge is 2.80. The third kappa shape index (κ3) is 5.77. The predicted octanol–water partition coefficient (Wildman–Crippen LogP) is 5.10. The van der Waals surface area contributed by atoms with Crippen LogP contribution < -0.4 is 9.64 Å². The highest BCUT2D eigenvalue weighted by molar-refractivity contribution is 7.99. The van der Waals surface area contributed by atoms with Crippen LogP contribution in [0.4, 0.5) is 5.69 Å². The third-order valence-corrected chi connectivity index (χ3v) is 16.8. The fourth-order valence-electron chi connectivity index (χ4n) is 13.8. The number of nitrogens with zero attached hydrogens (tertiary/aromatic N) is 3. The fourth-order valence-corrected chi connectivity index (χ4v) is 14.5. The number of thioether (sulfide) groups is 1. The van der Waals surface area contributed by atoms with Crippen molar-refractivity contribution in [3.05, 3.63) is 64.9 Å². The number of likely N-dealkylation sites (N-methyl/N-ethyl adjacent to an activating group) is 1. The Hall–Kier alpha value is -4.08. The van der Waals surface area contributed by atoms with Crippen LogP contribution >= 0.6 is 11.8 Å². The van der Waals surface area contributed by atoms with Crippen molar-refractivity contribution in [2.24, 2.45) is 11.3 Å². The van der Waals surface area contributed by atoms with Crippen LogP contribution in [0.25, 0.3) is 10.9 Å². The molecule has 1 aromatic heterocycles. The third-order valence-electron chi connectivity index (χ3n) is 16.0. The lowest BCUT2D eigenvalue weighted by molar-refractivity contribution is -0.228. The summed E-state index contributed by atoms with van der Waals surface area (Å²) in [5.74, 6) is -0.649. The summed E-state index contributed by atoms with van der Waals surface area (Å²) in [6.07, 6.45) is 5.93. The fraction of sp³-hybridized carbons (Fsp3) is 0.604. The van der Waals surface area contributed by atoms with Gasteiger partial charge in [-0.3, -0.25) is 19.4 Å². The van der Waals surface area contributed by atoms with Crippen LogP contribution in [0.2, 0.25) is 0 Å². The second-order valence-corrected chi connectivity index (χ2v) is 20.1. The monoisotopic (exact) mass is 870 g/mol. The number of aliphatic hydroxyl groups is 2. The number of ether oxygens (including phenoxy) is 4. The molecule has 334 valence electrons. The average molecular weight is 871 g/mol. The Bertz CT molecular complexity index is 2350. The van der Waals surface area contributed by atoms with Crippen molar-refractivity contribution >= 4 is 46.3 Å². The Morgan fingerprint density at radius 1 is 0.952 bits per heavy atom. The second kappa shape index (κ2) is 15.3. The lowest BCUT2D eigenvalue weighted by atomic mass is 9.47. The molecule has 2 bridgehead atoms. The molecule has 5 aliphatic heterocycles. The van der Waals surface area contributed by atoms with Crippen LogP contribution in [0.1, 0.15) is 82.2 Å². The van der Waals surface area contributed by atoms with Crippen molar-refractivity contribution in [2.75, 3.05) is 71.8 Å². The highest BCUT2D eigenvalue weighted by atomic mass is 32.2. The summed E-state index contributed by atoms with van der Waals surface area (Å²) in [6, 6.07) is 9.28. The molecule has 1 spiro atoms. The molecule has 2 aromatic carbocycles. The molecule has 2 saturated heterocycles. The molecule has 3 aromatic rings. The molecule has 0 radical (unpaired) electrons. The molecule has 0 amide bonds. The van der Waals surface area contributed by atoms with E-state index in [4.69, 9.17) is 18.9 Å². The maximum Gasteiger partial charge on any atom is 0.344 e. The minimum Gasteiger partial charge on any atom is -0.496 e. The van der Waals surface area contributed by atoms with Gasteiger partial charge in [0.25, 0.3) is 0 Å². The van der Waals surface area contributed by atoms with Crippen molar-refractivity contribution < 1.29 is 43.5 Å². The summed E-state index contributed by atoms with van der Waals surface area (Å²) in [5.41, 5.74) is -1.63. The SMILES string of the molecule is CCSc1ccc2[nH]c3c(c2c1)CCN1C[C@H](C[C@@](O)(CC)C1)C[C@]3(C(=O)OC)c1cc2c(cc1OC)N(C)[C@H]1[C@@](O)(C(=O)OC)[C@H](OC(C)=O)[C@]3(CC)C=CCN4CC[C@]21[C@@H]43. The van der Waals surface area contributed by atoms with E-state index in [-0.39, 0.29) is 12.0 Å². The maximum atomic E-state index is 15.5. The first kappa shape index (κ1) is 43.2. The Kier molecular flexibility index (Phi) is 10.6. The lowest BCUT2D eigenvalue weighted by Crippen LogP contribution is -2.81. The molecule has 9 rings (SSSR count). The molecular formula is C48H62N4O9S. The molecule has 62 heavy (non-hydrogen) atoms. The topological polar surface area (TPSA) is 154 Å². The van der Waals surface area contributed by atoms with Crippen LogP contribution in [0.5, 0.6) is 5.75 Å². The van der Waals surface area contributed by atoms with Crippen LogP contribution in [0.3, 0.4) is 0 Å². The lowest BCUT2D eigenvalue weighted by Gasteiger charge is -2.63. The molecule has 6 heterocycles. The predicted molar refractivity (Wildman–Crippen MR) is 237 cm³/mol. The van der Waals surface area contributed by atoms with Gasteiger partial charge < -0.3 is 39.0 Å². The number of hydrogen-bond acceptors (Lipinski definition) is 13. The number of anilines is 1. The van der Waals surface area contributed by atoms with Gasteiger partial charge in [-0.15, -0.1) is 11.8 Å². The zero-order chi connectivity index (χ0) is 44.1. The van der Waals surface area contributed by atoms with Gasteiger partial charge in [0.15, 0.2) is 6.10 Å². The number of methoxy groups -OCH3 is 3. The van der Waals surface area contributed by atoms with Crippen molar-refractivity contribution in [1.29, 1.82) is 0 Å². The molecule has 3 N–H and O–H groups in total. The van der Waals surface area contributed by atoms with E-state index in [0.29, 0.717) is 82.6 Å².